The van der Waals surface area contributed by atoms with Gasteiger partial charge in [-0.1, -0.05) is 199 Å². The van der Waals surface area contributed by atoms with Crippen LogP contribution in [-0.2, 0) is 27.9 Å². The molecule has 0 aromatic rings. The number of phosphoric ester groups is 1. The number of phosphoric acid groups is 1. The predicted molar refractivity (Wildman–Crippen MR) is 234 cm³/mol. The summed E-state index contributed by atoms with van der Waals surface area (Å²) in [5.41, 5.74) is 0. The minimum absolute atomic E-state index is 0.0808. The van der Waals surface area contributed by atoms with Gasteiger partial charge in [-0.25, -0.2) is 4.57 Å². The lowest BCUT2D eigenvalue weighted by atomic mass is 10.0. The van der Waals surface area contributed by atoms with Crippen LogP contribution in [0.3, 0.4) is 0 Å². The highest BCUT2D eigenvalue weighted by Crippen LogP contribution is 2.42. The molecule has 0 radical (unpaired) electrons. The summed E-state index contributed by atoms with van der Waals surface area (Å²) in [6, 6.07) is 0. The van der Waals surface area contributed by atoms with Crippen molar-refractivity contribution < 1.29 is 37.9 Å². The van der Waals surface area contributed by atoms with Crippen molar-refractivity contribution in [2.75, 3.05) is 26.4 Å². The summed E-state index contributed by atoms with van der Waals surface area (Å²) < 4.78 is 26.9. The van der Waals surface area contributed by atoms with E-state index in [9.17, 15) is 24.2 Å². The van der Waals surface area contributed by atoms with Gasteiger partial charge in [0, 0.05) is 19.4 Å². The first-order valence-corrected chi connectivity index (χ1v) is 25.2. The molecule has 3 N–H and O–H groups in total. The largest absolute Gasteiger partial charge is 0.472 e. The number of hydrogen-bond acceptors (Lipinski definition) is 7. The van der Waals surface area contributed by atoms with Crippen molar-refractivity contribution in [3.8, 4) is 0 Å². The van der Waals surface area contributed by atoms with Gasteiger partial charge >= 0.3 is 13.8 Å². The van der Waals surface area contributed by atoms with Crippen LogP contribution in [0.2, 0.25) is 0 Å². The maximum atomic E-state index is 12.1. The first-order valence-electron chi connectivity index (χ1n) is 23.7. The van der Waals surface area contributed by atoms with E-state index >= 15 is 0 Å². The van der Waals surface area contributed by atoms with Crippen molar-refractivity contribution in [3.05, 3.63) is 12.2 Å². The zero-order chi connectivity index (χ0) is 41.1. The maximum absolute atomic E-state index is 12.1. The molecule has 56 heavy (non-hydrogen) atoms. The third-order valence-corrected chi connectivity index (χ3v) is 11.4. The number of aliphatic hydroxyl groups excluding tert-OH is 1. The number of allylic oxidation sites excluding steroid dienone is 2. The quantitative estimate of drug-likeness (QED) is 0.0240. The summed E-state index contributed by atoms with van der Waals surface area (Å²) >= 11 is 0. The molecule has 2 unspecified atom stereocenters. The van der Waals surface area contributed by atoms with Gasteiger partial charge in [0.15, 0.2) is 0 Å². The van der Waals surface area contributed by atoms with Crippen molar-refractivity contribution in [2.45, 2.75) is 245 Å². The first-order chi connectivity index (χ1) is 27.3. The average molecular weight is 816 g/mol. The topological polar surface area (TPSA) is 131 Å². The van der Waals surface area contributed by atoms with Gasteiger partial charge in [-0.05, 0) is 38.5 Å². The van der Waals surface area contributed by atoms with Crippen LogP contribution in [0.5, 0.6) is 0 Å². The SMILES string of the molecule is CCCCCCCC/C=C\CCCCCCCC(=O)NCCOP(=O)(O)OCC(O)COC(=O)CCCCCCCCCCCCCCCCCCCCCC. The summed E-state index contributed by atoms with van der Waals surface area (Å²) in [5.74, 6) is -0.514. The van der Waals surface area contributed by atoms with Crippen molar-refractivity contribution in [1.29, 1.82) is 0 Å². The number of ether oxygens (including phenoxy) is 1. The van der Waals surface area contributed by atoms with Crippen LogP contribution < -0.4 is 5.32 Å². The fraction of sp³-hybridized carbons (Fsp3) is 0.913. The number of unbranched alkanes of at least 4 members (excludes halogenated alkanes) is 30. The Morgan fingerprint density at radius 1 is 0.536 bits per heavy atom. The van der Waals surface area contributed by atoms with Gasteiger partial charge in [-0.2, -0.15) is 0 Å². The molecule has 0 aliphatic carbocycles. The van der Waals surface area contributed by atoms with Crippen molar-refractivity contribution in [3.63, 3.8) is 0 Å². The molecule has 0 rings (SSSR count). The summed E-state index contributed by atoms with van der Waals surface area (Å²) in [7, 11) is -4.41. The number of nitrogens with one attached hydrogen (secondary N) is 1. The summed E-state index contributed by atoms with van der Waals surface area (Å²) in [6.07, 6.45) is 45.7. The third-order valence-electron chi connectivity index (χ3n) is 10.4. The second kappa shape index (κ2) is 43.3. The Morgan fingerprint density at radius 3 is 1.34 bits per heavy atom. The van der Waals surface area contributed by atoms with Crippen LogP contribution in [0.15, 0.2) is 12.2 Å². The van der Waals surface area contributed by atoms with Gasteiger partial charge in [0.25, 0.3) is 0 Å². The number of carbonyl (C=O) groups is 2. The van der Waals surface area contributed by atoms with Crippen LogP contribution in [-0.4, -0.2) is 54.3 Å². The Morgan fingerprint density at radius 2 is 0.911 bits per heavy atom. The highest BCUT2D eigenvalue weighted by molar-refractivity contribution is 7.47. The highest BCUT2D eigenvalue weighted by Gasteiger charge is 2.23. The molecular formula is C46H90NO8P. The number of esters is 1. The molecule has 332 valence electrons. The summed E-state index contributed by atoms with van der Waals surface area (Å²) in [4.78, 5) is 34.0. The third kappa shape index (κ3) is 43.9. The molecule has 0 aromatic carbocycles. The lowest BCUT2D eigenvalue weighted by molar-refractivity contribution is -0.147. The van der Waals surface area contributed by atoms with E-state index in [-0.39, 0.29) is 32.1 Å². The zero-order valence-corrected chi connectivity index (χ0v) is 37.5. The van der Waals surface area contributed by atoms with E-state index in [1.165, 1.54) is 167 Å². The minimum atomic E-state index is -4.41. The molecule has 10 heteroatoms. The molecule has 0 saturated heterocycles. The molecule has 1 amide bonds. The Hall–Kier alpha value is -1.25. The van der Waals surface area contributed by atoms with Gasteiger partial charge in [-0.15, -0.1) is 0 Å². The molecule has 0 fully saturated rings. The molecule has 0 heterocycles. The molecule has 0 saturated carbocycles. The van der Waals surface area contributed by atoms with Crippen LogP contribution in [0.25, 0.3) is 0 Å². The van der Waals surface area contributed by atoms with Crippen molar-refractivity contribution in [2.24, 2.45) is 0 Å². The van der Waals surface area contributed by atoms with Crippen molar-refractivity contribution >= 4 is 19.7 Å². The van der Waals surface area contributed by atoms with Crippen LogP contribution >= 0.6 is 7.82 Å². The van der Waals surface area contributed by atoms with E-state index in [0.29, 0.717) is 6.42 Å². The molecule has 0 aromatic heterocycles. The lowest BCUT2D eigenvalue weighted by Gasteiger charge is -2.15. The van der Waals surface area contributed by atoms with Crippen molar-refractivity contribution in [1.82, 2.24) is 5.32 Å². The van der Waals surface area contributed by atoms with E-state index < -0.39 is 26.5 Å². The van der Waals surface area contributed by atoms with Crippen LogP contribution in [0.1, 0.15) is 239 Å². The van der Waals surface area contributed by atoms with E-state index in [2.05, 4.69) is 31.3 Å². The first kappa shape index (κ1) is 54.8. The van der Waals surface area contributed by atoms with Gasteiger partial charge in [-0.3, -0.25) is 18.6 Å². The Kier molecular flexibility index (Phi) is 42.4. The van der Waals surface area contributed by atoms with E-state index in [1.807, 2.05) is 0 Å². The number of hydrogen-bond donors (Lipinski definition) is 3. The second-order valence-electron chi connectivity index (χ2n) is 16.1. The van der Waals surface area contributed by atoms with Gasteiger partial charge in [0.1, 0.15) is 12.7 Å². The highest BCUT2D eigenvalue weighted by atomic mass is 31.2. The predicted octanol–water partition coefficient (Wildman–Crippen LogP) is 13.4. The van der Waals surface area contributed by atoms with Crippen LogP contribution in [0.4, 0.5) is 0 Å². The number of aliphatic hydroxyl groups is 1. The molecule has 9 nitrogen and oxygen atoms in total. The fourth-order valence-electron chi connectivity index (χ4n) is 6.85. The van der Waals surface area contributed by atoms with E-state index in [0.717, 1.165) is 44.9 Å². The molecule has 0 spiro atoms. The molecule has 0 aliphatic rings. The summed E-state index contributed by atoms with van der Waals surface area (Å²) in [5, 5.41) is 12.7. The molecule has 0 bridgehead atoms. The number of carbonyl (C=O) groups excluding carboxylic acids is 2. The minimum Gasteiger partial charge on any atom is -0.463 e. The van der Waals surface area contributed by atoms with Gasteiger partial charge < -0.3 is 20.1 Å². The number of rotatable bonds is 45. The standard InChI is InChI=1S/C46H90NO8P/c1-3-5-7-9-11-13-15-17-19-20-21-22-23-25-27-29-31-33-35-37-39-46(50)53-42-44(48)43-55-56(51,52)54-41-40-47-45(49)38-36-34-32-30-28-26-24-18-16-14-12-10-8-6-4-2/h18,24,44,48H,3-17,19-23,25-43H2,1-2H3,(H,47,49)(H,51,52)/b24-18-. The second-order valence-corrected chi connectivity index (χ2v) is 17.5. The van der Waals surface area contributed by atoms with E-state index in [1.54, 1.807) is 0 Å². The molecular weight excluding hydrogens is 725 g/mol. The van der Waals surface area contributed by atoms with Gasteiger partial charge in [0.05, 0.1) is 13.2 Å². The molecule has 2 atom stereocenters. The maximum Gasteiger partial charge on any atom is 0.472 e. The van der Waals surface area contributed by atoms with Gasteiger partial charge in [0.2, 0.25) is 5.91 Å². The lowest BCUT2D eigenvalue weighted by Crippen LogP contribution is -2.27. The average Bonchev–Trinajstić information content (AvgIpc) is 3.18. The summed E-state index contributed by atoms with van der Waals surface area (Å²) in [6.45, 7) is 3.58. The monoisotopic (exact) mass is 816 g/mol. The van der Waals surface area contributed by atoms with E-state index in [4.69, 9.17) is 13.8 Å². The Bertz CT molecular complexity index is 933. The number of amides is 1. The smallest absolute Gasteiger partial charge is 0.463 e. The Balaban J connectivity index is 3.54. The molecule has 0 aliphatic heterocycles. The zero-order valence-electron chi connectivity index (χ0n) is 36.6. The fourth-order valence-corrected chi connectivity index (χ4v) is 7.60. The Labute approximate surface area is 345 Å². The normalized spacial score (nSPS) is 13.3. The van der Waals surface area contributed by atoms with Crippen LogP contribution in [0, 0.1) is 0 Å².